The third-order valence-electron chi connectivity index (χ3n) is 2.13. The highest BCUT2D eigenvalue weighted by Gasteiger charge is 2.20. The van der Waals surface area contributed by atoms with E-state index in [1.54, 1.807) is 33.8 Å². The summed E-state index contributed by atoms with van der Waals surface area (Å²) in [5, 5.41) is 2.71. The van der Waals surface area contributed by atoms with Gasteiger partial charge in [0.05, 0.1) is 12.6 Å². The molecule has 0 saturated carbocycles. The summed E-state index contributed by atoms with van der Waals surface area (Å²) < 4.78 is 9.96. The molecule has 110 valence electrons. The largest absolute Gasteiger partial charge is 0.463 e. The van der Waals surface area contributed by atoms with Crippen molar-refractivity contribution in [3.63, 3.8) is 0 Å². The molecule has 1 unspecified atom stereocenters. The van der Waals surface area contributed by atoms with Crippen molar-refractivity contribution < 1.29 is 19.1 Å². The van der Waals surface area contributed by atoms with Crippen molar-refractivity contribution in [1.82, 2.24) is 5.32 Å². The predicted molar refractivity (Wildman–Crippen MR) is 73.8 cm³/mol. The average Bonchev–Trinajstić information content (AvgIpc) is 2.21. The van der Waals surface area contributed by atoms with Gasteiger partial charge in [-0.1, -0.05) is 19.9 Å². The first-order valence-electron chi connectivity index (χ1n) is 6.50. The van der Waals surface area contributed by atoms with Gasteiger partial charge in [0.25, 0.3) is 0 Å². The SMILES string of the molecule is CCOC(=O)/C=C/C(NC(=O)OC(C)(C)C)C(C)C. The van der Waals surface area contributed by atoms with Gasteiger partial charge in [0.1, 0.15) is 5.60 Å². The summed E-state index contributed by atoms with van der Waals surface area (Å²) in [6, 6.07) is -0.278. The first-order chi connectivity index (χ1) is 8.65. The van der Waals surface area contributed by atoms with Crippen LogP contribution < -0.4 is 5.32 Å². The zero-order valence-electron chi connectivity index (χ0n) is 12.6. The average molecular weight is 271 g/mol. The van der Waals surface area contributed by atoms with Crippen molar-refractivity contribution in [2.24, 2.45) is 5.92 Å². The molecule has 0 aromatic heterocycles. The third-order valence-corrected chi connectivity index (χ3v) is 2.13. The van der Waals surface area contributed by atoms with Crippen LogP contribution in [0.2, 0.25) is 0 Å². The number of ether oxygens (including phenoxy) is 2. The van der Waals surface area contributed by atoms with E-state index in [-0.39, 0.29) is 12.0 Å². The monoisotopic (exact) mass is 271 g/mol. The van der Waals surface area contributed by atoms with Gasteiger partial charge in [-0.25, -0.2) is 9.59 Å². The Bertz CT molecular complexity index is 329. The zero-order chi connectivity index (χ0) is 15.1. The summed E-state index contributed by atoms with van der Waals surface area (Å²) in [4.78, 5) is 22.9. The number of esters is 1. The van der Waals surface area contributed by atoms with E-state index in [0.29, 0.717) is 6.61 Å². The molecule has 0 aromatic rings. The van der Waals surface area contributed by atoms with Gasteiger partial charge in [0.2, 0.25) is 0 Å². The molecule has 5 nitrogen and oxygen atoms in total. The molecule has 0 aromatic carbocycles. The lowest BCUT2D eigenvalue weighted by atomic mass is 10.0. The van der Waals surface area contributed by atoms with Gasteiger partial charge in [0, 0.05) is 6.08 Å². The van der Waals surface area contributed by atoms with Gasteiger partial charge < -0.3 is 14.8 Å². The van der Waals surface area contributed by atoms with Crippen molar-refractivity contribution >= 4 is 12.1 Å². The lowest BCUT2D eigenvalue weighted by Crippen LogP contribution is -2.40. The fourth-order valence-electron chi connectivity index (χ4n) is 1.25. The first-order valence-corrected chi connectivity index (χ1v) is 6.50. The van der Waals surface area contributed by atoms with Crippen LogP contribution in [0.4, 0.5) is 4.79 Å². The molecule has 0 bridgehead atoms. The van der Waals surface area contributed by atoms with E-state index in [2.05, 4.69) is 5.32 Å². The van der Waals surface area contributed by atoms with E-state index in [0.717, 1.165) is 0 Å². The minimum atomic E-state index is -0.545. The summed E-state index contributed by atoms with van der Waals surface area (Å²) in [6.45, 7) is 11.3. The summed E-state index contributed by atoms with van der Waals surface area (Å²) in [6.07, 6.45) is 2.44. The lowest BCUT2D eigenvalue weighted by Gasteiger charge is -2.23. The van der Waals surface area contributed by atoms with Gasteiger partial charge >= 0.3 is 12.1 Å². The number of nitrogens with one attached hydrogen (secondary N) is 1. The molecule has 0 aliphatic carbocycles. The molecule has 0 aliphatic heterocycles. The Morgan fingerprint density at radius 3 is 2.26 bits per heavy atom. The van der Waals surface area contributed by atoms with Crippen LogP contribution in [0.15, 0.2) is 12.2 Å². The predicted octanol–water partition coefficient (Wildman–Crippen LogP) is 2.66. The smallest absolute Gasteiger partial charge is 0.408 e. The van der Waals surface area contributed by atoms with E-state index in [1.165, 1.54) is 6.08 Å². The topological polar surface area (TPSA) is 64.6 Å². The first kappa shape index (κ1) is 17.5. The van der Waals surface area contributed by atoms with Crippen molar-refractivity contribution in [2.45, 2.75) is 53.2 Å². The molecule has 0 aliphatic rings. The van der Waals surface area contributed by atoms with Crippen LogP contribution in [-0.4, -0.2) is 30.3 Å². The van der Waals surface area contributed by atoms with Crippen LogP contribution in [-0.2, 0) is 14.3 Å². The van der Waals surface area contributed by atoms with Crippen LogP contribution in [0, 0.1) is 5.92 Å². The number of carbonyl (C=O) groups is 2. The number of hydrogen-bond donors (Lipinski definition) is 1. The molecular formula is C14H25NO4. The second-order valence-corrected chi connectivity index (χ2v) is 5.53. The molecule has 0 heterocycles. The summed E-state index contributed by atoms with van der Waals surface area (Å²) in [5.74, 6) is -0.280. The third kappa shape index (κ3) is 9.11. The van der Waals surface area contributed by atoms with Crippen LogP contribution in [0.25, 0.3) is 0 Å². The second-order valence-electron chi connectivity index (χ2n) is 5.53. The minimum absolute atomic E-state index is 0.137. The van der Waals surface area contributed by atoms with Gasteiger partial charge in [0.15, 0.2) is 0 Å². The number of amides is 1. The van der Waals surface area contributed by atoms with E-state index in [1.807, 2.05) is 13.8 Å². The van der Waals surface area contributed by atoms with Crippen molar-refractivity contribution in [3.05, 3.63) is 12.2 Å². The molecule has 19 heavy (non-hydrogen) atoms. The molecule has 1 amide bonds. The van der Waals surface area contributed by atoms with Crippen molar-refractivity contribution in [1.29, 1.82) is 0 Å². The van der Waals surface area contributed by atoms with Crippen LogP contribution in [0.5, 0.6) is 0 Å². The fraction of sp³-hybridized carbons (Fsp3) is 0.714. The maximum atomic E-state index is 11.7. The molecule has 1 atom stereocenters. The van der Waals surface area contributed by atoms with Crippen molar-refractivity contribution in [3.8, 4) is 0 Å². The normalized spacial score (nSPS) is 13.4. The highest BCUT2D eigenvalue weighted by molar-refractivity contribution is 5.82. The summed E-state index contributed by atoms with van der Waals surface area (Å²) >= 11 is 0. The highest BCUT2D eigenvalue weighted by Crippen LogP contribution is 2.09. The maximum absolute atomic E-state index is 11.7. The Balaban J connectivity index is 4.50. The summed E-state index contributed by atoms with van der Waals surface area (Å²) in [7, 11) is 0. The number of carbonyl (C=O) groups excluding carboxylic acids is 2. The molecule has 0 radical (unpaired) electrons. The van der Waals surface area contributed by atoms with Gasteiger partial charge in [-0.05, 0) is 33.6 Å². The Morgan fingerprint density at radius 2 is 1.84 bits per heavy atom. The van der Waals surface area contributed by atoms with Crippen LogP contribution in [0.1, 0.15) is 41.5 Å². The molecule has 0 fully saturated rings. The highest BCUT2D eigenvalue weighted by atomic mass is 16.6. The fourth-order valence-corrected chi connectivity index (χ4v) is 1.25. The Labute approximate surface area is 115 Å². The standard InChI is InChI=1S/C14H25NO4/c1-7-18-12(16)9-8-11(10(2)3)15-13(17)19-14(4,5)6/h8-11H,7H2,1-6H3,(H,15,17)/b9-8+. The van der Waals surface area contributed by atoms with Crippen LogP contribution >= 0.6 is 0 Å². The van der Waals surface area contributed by atoms with Gasteiger partial charge in [-0.2, -0.15) is 0 Å². The second kappa shape index (κ2) is 7.81. The Kier molecular flexibility index (Phi) is 7.19. The Morgan fingerprint density at radius 1 is 1.26 bits per heavy atom. The van der Waals surface area contributed by atoms with E-state index in [9.17, 15) is 9.59 Å². The number of hydrogen-bond acceptors (Lipinski definition) is 4. The quantitative estimate of drug-likeness (QED) is 0.616. The summed E-state index contributed by atoms with van der Waals surface area (Å²) in [5.41, 5.74) is -0.545. The maximum Gasteiger partial charge on any atom is 0.408 e. The van der Waals surface area contributed by atoms with E-state index in [4.69, 9.17) is 9.47 Å². The zero-order valence-corrected chi connectivity index (χ0v) is 12.6. The van der Waals surface area contributed by atoms with Crippen molar-refractivity contribution in [2.75, 3.05) is 6.61 Å². The lowest BCUT2D eigenvalue weighted by molar-refractivity contribution is -0.137. The Hall–Kier alpha value is -1.52. The van der Waals surface area contributed by atoms with Gasteiger partial charge in [-0.15, -0.1) is 0 Å². The molecule has 5 heteroatoms. The van der Waals surface area contributed by atoms with Crippen LogP contribution in [0.3, 0.4) is 0 Å². The molecule has 0 saturated heterocycles. The number of rotatable bonds is 5. The van der Waals surface area contributed by atoms with E-state index >= 15 is 0 Å². The molecule has 0 spiro atoms. The van der Waals surface area contributed by atoms with E-state index < -0.39 is 17.7 Å². The number of alkyl carbamates (subject to hydrolysis) is 1. The minimum Gasteiger partial charge on any atom is -0.463 e. The van der Waals surface area contributed by atoms with Gasteiger partial charge in [-0.3, -0.25) is 0 Å². The molecule has 1 N–H and O–H groups in total. The molecule has 0 rings (SSSR count). The molecular weight excluding hydrogens is 246 g/mol.